The SMILES string of the molecule is O=C(CCn1cnc2ccc(Br)cc2c1=O)NCCCN1CCCC1=O. The van der Waals surface area contributed by atoms with Gasteiger partial charge in [0.25, 0.3) is 5.56 Å². The maximum Gasteiger partial charge on any atom is 0.261 e. The maximum absolute atomic E-state index is 12.5. The molecule has 8 heteroatoms. The Hall–Kier alpha value is -2.22. The number of hydrogen-bond acceptors (Lipinski definition) is 4. The Bertz CT molecular complexity index is 880. The van der Waals surface area contributed by atoms with Crippen LogP contribution in [0.1, 0.15) is 25.7 Å². The molecule has 2 aromatic rings. The minimum Gasteiger partial charge on any atom is -0.356 e. The van der Waals surface area contributed by atoms with Crippen molar-refractivity contribution in [3.63, 3.8) is 0 Å². The number of nitrogens with zero attached hydrogens (tertiary/aromatic N) is 3. The lowest BCUT2D eigenvalue weighted by molar-refractivity contribution is -0.127. The van der Waals surface area contributed by atoms with Gasteiger partial charge < -0.3 is 10.2 Å². The highest BCUT2D eigenvalue weighted by molar-refractivity contribution is 9.10. The van der Waals surface area contributed by atoms with E-state index in [0.717, 1.165) is 23.9 Å². The highest BCUT2D eigenvalue weighted by Crippen LogP contribution is 2.14. The maximum atomic E-state index is 12.5. The number of aryl methyl sites for hydroxylation is 1. The van der Waals surface area contributed by atoms with Crippen LogP contribution in [0.3, 0.4) is 0 Å². The van der Waals surface area contributed by atoms with E-state index in [1.54, 1.807) is 12.1 Å². The molecule has 3 rings (SSSR count). The summed E-state index contributed by atoms with van der Waals surface area (Å²) in [7, 11) is 0. The molecule has 0 saturated carbocycles. The number of benzene rings is 1. The van der Waals surface area contributed by atoms with E-state index in [2.05, 4.69) is 26.2 Å². The minimum absolute atomic E-state index is 0.112. The highest BCUT2D eigenvalue weighted by atomic mass is 79.9. The van der Waals surface area contributed by atoms with Gasteiger partial charge in [0.15, 0.2) is 0 Å². The lowest BCUT2D eigenvalue weighted by Gasteiger charge is -2.15. The standard InChI is InChI=1S/C18H21BrN4O3/c19-13-4-5-15-14(11-13)18(26)23(12-21-15)10-6-16(24)20-7-2-9-22-8-1-3-17(22)25/h4-5,11-12H,1-3,6-10H2,(H,20,24). The van der Waals surface area contributed by atoms with Crippen molar-refractivity contribution in [2.75, 3.05) is 19.6 Å². The normalized spacial score (nSPS) is 14.2. The van der Waals surface area contributed by atoms with Crippen molar-refractivity contribution in [1.29, 1.82) is 0 Å². The Kier molecular flexibility index (Phi) is 6.03. The Morgan fingerprint density at radius 3 is 2.88 bits per heavy atom. The first-order valence-electron chi connectivity index (χ1n) is 8.74. The topological polar surface area (TPSA) is 84.3 Å². The Labute approximate surface area is 159 Å². The predicted molar refractivity (Wildman–Crippen MR) is 102 cm³/mol. The number of likely N-dealkylation sites (tertiary alicyclic amines) is 1. The van der Waals surface area contributed by atoms with Gasteiger partial charge in [-0.25, -0.2) is 4.98 Å². The first kappa shape index (κ1) is 18.6. The third-order valence-electron chi connectivity index (χ3n) is 4.46. The molecule has 138 valence electrons. The average Bonchev–Trinajstić information content (AvgIpc) is 3.03. The molecule has 2 amide bonds. The molecule has 26 heavy (non-hydrogen) atoms. The summed E-state index contributed by atoms with van der Waals surface area (Å²) in [6.45, 7) is 2.31. The van der Waals surface area contributed by atoms with Crippen molar-refractivity contribution in [3.05, 3.63) is 39.4 Å². The van der Waals surface area contributed by atoms with E-state index in [1.165, 1.54) is 10.9 Å². The second-order valence-electron chi connectivity index (χ2n) is 6.34. The van der Waals surface area contributed by atoms with Crippen molar-refractivity contribution < 1.29 is 9.59 Å². The number of carbonyl (C=O) groups excluding carboxylic acids is 2. The molecule has 2 heterocycles. The number of fused-ring (bicyclic) bond motifs is 1. The number of hydrogen-bond donors (Lipinski definition) is 1. The number of aromatic nitrogens is 2. The van der Waals surface area contributed by atoms with Crippen molar-refractivity contribution in [2.45, 2.75) is 32.2 Å². The lowest BCUT2D eigenvalue weighted by atomic mass is 10.2. The van der Waals surface area contributed by atoms with Crippen molar-refractivity contribution in [3.8, 4) is 0 Å². The molecule has 0 spiro atoms. The molecular formula is C18H21BrN4O3. The van der Waals surface area contributed by atoms with Crippen LogP contribution in [-0.4, -0.2) is 45.9 Å². The summed E-state index contributed by atoms with van der Waals surface area (Å²) in [4.78, 5) is 42.0. The molecular weight excluding hydrogens is 400 g/mol. The third kappa shape index (κ3) is 4.49. The Morgan fingerprint density at radius 2 is 2.12 bits per heavy atom. The van der Waals surface area contributed by atoms with Gasteiger partial charge in [0.1, 0.15) is 0 Å². The van der Waals surface area contributed by atoms with Gasteiger partial charge in [0.05, 0.1) is 17.2 Å². The van der Waals surface area contributed by atoms with Crippen LogP contribution in [0.5, 0.6) is 0 Å². The van der Waals surface area contributed by atoms with Crippen molar-refractivity contribution in [1.82, 2.24) is 19.8 Å². The number of amides is 2. The first-order valence-corrected chi connectivity index (χ1v) is 9.53. The molecule has 1 aromatic carbocycles. The van der Waals surface area contributed by atoms with Gasteiger partial charge in [0, 0.05) is 43.5 Å². The van der Waals surface area contributed by atoms with Crippen molar-refractivity contribution in [2.24, 2.45) is 0 Å². The molecule has 0 bridgehead atoms. The van der Waals surface area contributed by atoms with Gasteiger partial charge in [0.2, 0.25) is 11.8 Å². The number of carbonyl (C=O) groups is 2. The van der Waals surface area contributed by atoms with Gasteiger partial charge >= 0.3 is 0 Å². The van der Waals surface area contributed by atoms with Crippen LogP contribution in [-0.2, 0) is 16.1 Å². The number of halogens is 1. The van der Waals surface area contributed by atoms with Crippen LogP contribution < -0.4 is 10.9 Å². The average molecular weight is 421 g/mol. The fourth-order valence-electron chi connectivity index (χ4n) is 3.04. The third-order valence-corrected chi connectivity index (χ3v) is 4.96. The molecule has 0 unspecified atom stereocenters. The van der Waals surface area contributed by atoms with E-state index in [9.17, 15) is 14.4 Å². The Morgan fingerprint density at radius 1 is 1.27 bits per heavy atom. The quantitative estimate of drug-likeness (QED) is 0.690. The number of rotatable bonds is 7. The van der Waals surface area contributed by atoms with E-state index in [-0.39, 0.29) is 30.3 Å². The van der Waals surface area contributed by atoms with Crippen LogP contribution in [0.4, 0.5) is 0 Å². The van der Waals surface area contributed by atoms with E-state index < -0.39 is 0 Å². The van der Waals surface area contributed by atoms with E-state index in [1.807, 2.05) is 11.0 Å². The largest absolute Gasteiger partial charge is 0.356 e. The minimum atomic E-state index is -0.156. The second-order valence-corrected chi connectivity index (χ2v) is 7.26. The highest BCUT2D eigenvalue weighted by Gasteiger charge is 2.19. The van der Waals surface area contributed by atoms with Crippen LogP contribution in [0.25, 0.3) is 10.9 Å². The molecule has 1 fully saturated rings. The summed E-state index contributed by atoms with van der Waals surface area (Å²) in [5.74, 6) is 0.0881. The summed E-state index contributed by atoms with van der Waals surface area (Å²) in [6.07, 6.45) is 3.99. The molecule has 1 saturated heterocycles. The van der Waals surface area contributed by atoms with Gasteiger partial charge in [-0.3, -0.25) is 19.0 Å². The van der Waals surface area contributed by atoms with Crippen LogP contribution in [0, 0.1) is 0 Å². The van der Waals surface area contributed by atoms with Gasteiger partial charge in [-0.05, 0) is 31.0 Å². The van der Waals surface area contributed by atoms with E-state index in [0.29, 0.717) is 30.4 Å². The molecule has 1 aliphatic heterocycles. The van der Waals surface area contributed by atoms with E-state index >= 15 is 0 Å². The van der Waals surface area contributed by atoms with Gasteiger partial charge in [-0.15, -0.1) is 0 Å². The van der Waals surface area contributed by atoms with Crippen LogP contribution in [0.2, 0.25) is 0 Å². The molecule has 1 N–H and O–H groups in total. The Balaban J connectivity index is 1.47. The zero-order valence-corrected chi connectivity index (χ0v) is 16.0. The molecule has 7 nitrogen and oxygen atoms in total. The summed E-state index contributed by atoms with van der Waals surface area (Å²) >= 11 is 3.35. The predicted octanol–water partition coefficient (Wildman–Crippen LogP) is 1.68. The second kappa shape index (κ2) is 8.44. The van der Waals surface area contributed by atoms with Crippen LogP contribution in [0.15, 0.2) is 33.8 Å². The fraction of sp³-hybridized carbons (Fsp3) is 0.444. The molecule has 1 aliphatic rings. The summed E-state index contributed by atoms with van der Waals surface area (Å²) < 4.78 is 2.27. The van der Waals surface area contributed by atoms with Gasteiger partial charge in [-0.2, -0.15) is 0 Å². The summed E-state index contributed by atoms with van der Waals surface area (Å²) in [5.41, 5.74) is 0.479. The molecule has 0 radical (unpaired) electrons. The fourth-order valence-corrected chi connectivity index (χ4v) is 3.40. The first-order chi connectivity index (χ1) is 12.5. The number of nitrogens with one attached hydrogen (secondary N) is 1. The van der Waals surface area contributed by atoms with Crippen molar-refractivity contribution >= 4 is 38.6 Å². The smallest absolute Gasteiger partial charge is 0.261 e. The monoisotopic (exact) mass is 420 g/mol. The molecule has 0 aliphatic carbocycles. The zero-order valence-electron chi connectivity index (χ0n) is 14.4. The lowest BCUT2D eigenvalue weighted by Crippen LogP contribution is -2.31. The summed E-state index contributed by atoms with van der Waals surface area (Å²) in [5, 5.41) is 3.36. The summed E-state index contributed by atoms with van der Waals surface area (Å²) in [6, 6.07) is 5.35. The van der Waals surface area contributed by atoms with Gasteiger partial charge in [-0.1, -0.05) is 15.9 Å². The zero-order chi connectivity index (χ0) is 18.5. The molecule has 1 aromatic heterocycles. The van der Waals surface area contributed by atoms with Crippen LogP contribution >= 0.6 is 15.9 Å². The van der Waals surface area contributed by atoms with E-state index in [4.69, 9.17) is 0 Å². The molecule has 0 atom stereocenters.